The lowest BCUT2D eigenvalue weighted by atomic mass is 10.2. The minimum Gasteiger partial charge on any atom is -0.491 e. The standard InChI is InChI=1S/C21H21F3N4O/c1-14(2)29-17-11-9-15(10-12-17)26-20-25-13-18(21(22,23)24)19(27-20)28(3)16-7-5-4-6-8-16/h4-14H,1-3H3,(H,25,26,27). The number of ether oxygens (including phenoxy) is 1. The third-order valence-corrected chi connectivity index (χ3v) is 4.02. The van der Waals surface area contributed by atoms with Crippen molar-refractivity contribution >= 4 is 23.1 Å². The molecule has 0 saturated heterocycles. The Labute approximate surface area is 167 Å². The average Bonchev–Trinajstić information content (AvgIpc) is 2.68. The van der Waals surface area contributed by atoms with Gasteiger partial charge in [0.25, 0.3) is 0 Å². The zero-order valence-electron chi connectivity index (χ0n) is 16.2. The van der Waals surface area contributed by atoms with Gasteiger partial charge >= 0.3 is 6.18 Å². The average molecular weight is 402 g/mol. The highest BCUT2D eigenvalue weighted by Crippen LogP contribution is 2.37. The number of benzene rings is 2. The predicted octanol–water partition coefficient (Wildman–Crippen LogP) is 5.79. The molecule has 1 aromatic heterocycles. The number of nitrogens with one attached hydrogen (secondary N) is 1. The number of rotatable bonds is 6. The van der Waals surface area contributed by atoms with E-state index in [2.05, 4.69) is 15.3 Å². The monoisotopic (exact) mass is 402 g/mol. The molecule has 1 heterocycles. The Morgan fingerprint density at radius 2 is 1.66 bits per heavy atom. The van der Waals surface area contributed by atoms with E-state index in [1.165, 1.54) is 11.9 Å². The smallest absolute Gasteiger partial charge is 0.421 e. The van der Waals surface area contributed by atoms with Crippen LogP contribution in [0.1, 0.15) is 19.4 Å². The number of aromatic nitrogens is 2. The van der Waals surface area contributed by atoms with Crippen molar-refractivity contribution in [3.63, 3.8) is 0 Å². The van der Waals surface area contributed by atoms with E-state index in [0.29, 0.717) is 17.1 Å². The van der Waals surface area contributed by atoms with Gasteiger partial charge in [-0.2, -0.15) is 18.2 Å². The van der Waals surface area contributed by atoms with E-state index in [4.69, 9.17) is 4.74 Å². The van der Waals surface area contributed by atoms with E-state index >= 15 is 0 Å². The lowest BCUT2D eigenvalue weighted by Gasteiger charge is -2.22. The highest BCUT2D eigenvalue weighted by Gasteiger charge is 2.36. The van der Waals surface area contributed by atoms with Gasteiger partial charge in [-0.05, 0) is 50.2 Å². The number of halogens is 3. The van der Waals surface area contributed by atoms with E-state index in [9.17, 15) is 13.2 Å². The molecule has 8 heteroatoms. The van der Waals surface area contributed by atoms with Crippen molar-refractivity contribution in [3.05, 3.63) is 66.4 Å². The number of para-hydroxylation sites is 1. The molecule has 5 nitrogen and oxygen atoms in total. The highest BCUT2D eigenvalue weighted by molar-refractivity contribution is 5.65. The number of hydrogen-bond acceptors (Lipinski definition) is 5. The molecule has 0 bridgehead atoms. The SMILES string of the molecule is CC(C)Oc1ccc(Nc2ncc(C(F)(F)F)c(N(C)c3ccccc3)n2)cc1. The van der Waals surface area contributed by atoms with Gasteiger partial charge < -0.3 is 15.0 Å². The minimum absolute atomic E-state index is 0.0446. The first-order valence-corrected chi connectivity index (χ1v) is 9.01. The van der Waals surface area contributed by atoms with E-state index in [1.807, 2.05) is 13.8 Å². The van der Waals surface area contributed by atoms with Crippen LogP contribution in [-0.4, -0.2) is 23.1 Å². The fourth-order valence-corrected chi connectivity index (χ4v) is 2.68. The summed E-state index contributed by atoms with van der Waals surface area (Å²) in [5, 5.41) is 2.94. The predicted molar refractivity (Wildman–Crippen MR) is 107 cm³/mol. The highest BCUT2D eigenvalue weighted by atomic mass is 19.4. The van der Waals surface area contributed by atoms with Crippen LogP contribution in [0.25, 0.3) is 0 Å². The fraction of sp³-hybridized carbons (Fsp3) is 0.238. The molecule has 0 spiro atoms. The van der Waals surface area contributed by atoms with Gasteiger partial charge in [0.15, 0.2) is 5.82 Å². The molecule has 0 radical (unpaired) electrons. The summed E-state index contributed by atoms with van der Waals surface area (Å²) in [6, 6.07) is 15.7. The maximum absolute atomic E-state index is 13.5. The Morgan fingerprint density at radius 3 is 2.24 bits per heavy atom. The largest absolute Gasteiger partial charge is 0.491 e. The maximum atomic E-state index is 13.5. The van der Waals surface area contributed by atoms with Gasteiger partial charge in [-0.25, -0.2) is 4.98 Å². The summed E-state index contributed by atoms with van der Waals surface area (Å²) in [4.78, 5) is 9.37. The van der Waals surface area contributed by atoms with Gasteiger partial charge in [0.2, 0.25) is 5.95 Å². The van der Waals surface area contributed by atoms with Crippen LogP contribution in [0.4, 0.5) is 36.3 Å². The molecular weight excluding hydrogens is 381 g/mol. The minimum atomic E-state index is -4.58. The molecule has 152 valence electrons. The van der Waals surface area contributed by atoms with Gasteiger partial charge in [-0.15, -0.1) is 0 Å². The van der Waals surface area contributed by atoms with Crippen LogP contribution in [0.15, 0.2) is 60.8 Å². The van der Waals surface area contributed by atoms with Crippen molar-refractivity contribution in [1.82, 2.24) is 9.97 Å². The summed E-state index contributed by atoms with van der Waals surface area (Å²) in [7, 11) is 1.54. The van der Waals surface area contributed by atoms with E-state index in [1.54, 1.807) is 54.6 Å². The van der Waals surface area contributed by atoms with Crippen molar-refractivity contribution < 1.29 is 17.9 Å². The second kappa shape index (κ2) is 8.38. The van der Waals surface area contributed by atoms with Crippen LogP contribution >= 0.6 is 0 Å². The van der Waals surface area contributed by atoms with Gasteiger partial charge in [0.1, 0.15) is 11.3 Å². The quantitative estimate of drug-likeness (QED) is 0.565. The number of hydrogen-bond donors (Lipinski definition) is 1. The summed E-state index contributed by atoms with van der Waals surface area (Å²) in [6.07, 6.45) is -3.74. The lowest BCUT2D eigenvalue weighted by molar-refractivity contribution is -0.137. The van der Waals surface area contributed by atoms with Gasteiger partial charge in [-0.3, -0.25) is 0 Å². The lowest BCUT2D eigenvalue weighted by Crippen LogP contribution is -2.19. The number of nitrogens with zero attached hydrogens (tertiary/aromatic N) is 3. The van der Waals surface area contributed by atoms with E-state index < -0.39 is 11.7 Å². The van der Waals surface area contributed by atoms with Crippen molar-refractivity contribution in [3.8, 4) is 5.75 Å². The first-order valence-electron chi connectivity index (χ1n) is 9.01. The van der Waals surface area contributed by atoms with Crippen LogP contribution in [0.5, 0.6) is 5.75 Å². The van der Waals surface area contributed by atoms with Crippen molar-refractivity contribution in [2.24, 2.45) is 0 Å². The first kappa shape index (κ1) is 20.4. The molecule has 0 unspecified atom stereocenters. The third-order valence-electron chi connectivity index (χ3n) is 4.02. The molecular formula is C21H21F3N4O. The molecule has 0 aliphatic rings. The first-order chi connectivity index (χ1) is 13.7. The molecule has 3 rings (SSSR count). The Morgan fingerprint density at radius 1 is 1.00 bits per heavy atom. The normalized spacial score (nSPS) is 11.4. The third kappa shape index (κ3) is 5.16. The van der Waals surface area contributed by atoms with Gasteiger partial charge in [-0.1, -0.05) is 18.2 Å². The van der Waals surface area contributed by atoms with Gasteiger partial charge in [0, 0.05) is 24.6 Å². The van der Waals surface area contributed by atoms with E-state index in [0.717, 1.165) is 6.20 Å². The zero-order chi connectivity index (χ0) is 21.0. The van der Waals surface area contributed by atoms with Crippen LogP contribution in [0.3, 0.4) is 0 Å². The van der Waals surface area contributed by atoms with Crippen molar-refractivity contribution in [2.75, 3.05) is 17.3 Å². The summed E-state index contributed by atoms with van der Waals surface area (Å²) < 4.78 is 46.1. The molecule has 0 aliphatic heterocycles. The topological polar surface area (TPSA) is 50.3 Å². The van der Waals surface area contributed by atoms with Gasteiger partial charge in [0.05, 0.1) is 6.10 Å². The summed E-state index contributed by atoms with van der Waals surface area (Å²) in [6.45, 7) is 3.85. The molecule has 0 aliphatic carbocycles. The zero-order valence-corrected chi connectivity index (χ0v) is 16.2. The summed E-state index contributed by atoms with van der Waals surface area (Å²) in [5.74, 6) is 0.526. The maximum Gasteiger partial charge on any atom is 0.421 e. The van der Waals surface area contributed by atoms with E-state index in [-0.39, 0.29) is 17.9 Å². The summed E-state index contributed by atoms with van der Waals surface area (Å²) >= 11 is 0. The Kier molecular flexibility index (Phi) is 5.91. The Bertz CT molecular complexity index is 944. The van der Waals surface area contributed by atoms with Crippen LogP contribution < -0.4 is 15.0 Å². The Balaban J connectivity index is 1.91. The van der Waals surface area contributed by atoms with Crippen molar-refractivity contribution in [1.29, 1.82) is 0 Å². The second-order valence-electron chi connectivity index (χ2n) is 6.64. The number of alkyl halides is 3. The van der Waals surface area contributed by atoms with Crippen molar-refractivity contribution in [2.45, 2.75) is 26.1 Å². The molecule has 2 aromatic carbocycles. The van der Waals surface area contributed by atoms with Crippen LogP contribution in [-0.2, 0) is 6.18 Å². The Hall–Kier alpha value is -3.29. The molecule has 0 saturated carbocycles. The van der Waals surface area contributed by atoms with Crippen LogP contribution in [0.2, 0.25) is 0 Å². The summed E-state index contributed by atoms with van der Waals surface area (Å²) in [5.41, 5.74) is 0.308. The number of anilines is 4. The molecule has 1 N–H and O–H groups in total. The molecule has 3 aromatic rings. The second-order valence-corrected chi connectivity index (χ2v) is 6.64. The molecule has 0 amide bonds. The fourth-order valence-electron chi connectivity index (χ4n) is 2.68. The molecule has 0 fully saturated rings. The molecule has 0 atom stereocenters. The molecule has 29 heavy (non-hydrogen) atoms. The van der Waals surface area contributed by atoms with Crippen LogP contribution in [0, 0.1) is 0 Å².